The van der Waals surface area contributed by atoms with Crippen molar-refractivity contribution in [3.05, 3.63) is 18.0 Å². The maximum atomic E-state index is 12.8. The number of nitrogens with zero attached hydrogens (tertiary/aromatic N) is 4. The van der Waals surface area contributed by atoms with Gasteiger partial charge in [0.25, 0.3) is 5.91 Å². The average Bonchev–Trinajstić information content (AvgIpc) is 3.13. The van der Waals surface area contributed by atoms with Crippen molar-refractivity contribution in [1.29, 1.82) is 0 Å². The molecule has 0 aromatic carbocycles. The van der Waals surface area contributed by atoms with Gasteiger partial charge in [0.2, 0.25) is 5.88 Å². The molecule has 3 heterocycles. The summed E-state index contributed by atoms with van der Waals surface area (Å²) in [7, 11) is -0.650. The highest BCUT2D eigenvalue weighted by Crippen LogP contribution is 2.34. The van der Waals surface area contributed by atoms with E-state index >= 15 is 0 Å². The highest BCUT2D eigenvalue weighted by molar-refractivity contribution is 8.32. The van der Waals surface area contributed by atoms with Gasteiger partial charge < -0.3 is 29.0 Å². The van der Waals surface area contributed by atoms with E-state index < -0.39 is 21.2 Å². The monoisotopic (exact) mass is 537 g/mol. The molecule has 0 aliphatic carbocycles. The molecule has 2 aromatic heterocycles. The Morgan fingerprint density at radius 2 is 1.86 bits per heavy atom. The Kier molecular flexibility index (Phi) is 9.00. The number of hydrogen-bond acceptors (Lipinski definition) is 7. The summed E-state index contributed by atoms with van der Waals surface area (Å²) in [4.78, 5) is 36.2. The highest BCUT2D eigenvalue weighted by atomic mass is 32.3. The number of carbonyl (C=O) groups excluding carboxylic acids is 2. The molecule has 1 aliphatic heterocycles. The Hall–Kier alpha value is -2.53. The van der Waals surface area contributed by atoms with E-state index in [1.165, 1.54) is 0 Å². The van der Waals surface area contributed by atoms with E-state index in [-0.39, 0.29) is 12.0 Å². The second-order valence-electron chi connectivity index (χ2n) is 11.6. The molecule has 11 heteroatoms. The van der Waals surface area contributed by atoms with Crippen molar-refractivity contribution in [2.24, 2.45) is 0 Å². The summed E-state index contributed by atoms with van der Waals surface area (Å²) in [6.07, 6.45) is 11.0. The molecule has 1 aliphatic rings. The second-order valence-corrected chi connectivity index (χ2v) is 16.2. The number of fused-ring (bicyclic) bond motifs is 1. The number of rotatable bonds is 9. The van der Waals surface area contributed by atoms with Crippen LogP contribution in [-0.2, 0) is 16.2 Å². The first-order valence-electron chi connectivity index (χ1n) is 12.7. The van der Waals surface area contributed by atoms with Crippen LogP contribution in [0.5, 0.6) is 5.88 Å². The van der Waals surface area contributed by atoms with E-state index in [1.54, 1.807) is 17.3 Å². The van der Waals surface area contributed by atoms with Gasteiger partial charge >= 0.3 is 6.09 Å². The maximum absolute atomic E-state index is 12.8. The minimum absolute atomic E-state index is 0.214. The van der Waals surface area contributed by atoms with Crippen LogP contribution in [0.25, 0.3) is 11.2 Å². The lowest BCUT2D eigenvalue weighted by Crippen LogP contribution is -2.49. The first-order valence-corrected chi connectivity index (χ1v) is 15.8. The summed E-state index contributed by atoms with van der Waals surface area (Å²) >= 11 is 0. The largest absolute Gasteiger partial charge is 0.470 e. The van der Waals surface area contributed by atoms with Crippen molar-refractivity contribution in [3.8, 4) is 5.88 Å². The topological polar surface area (TPSA) is 108 Å². The highest BCUT2D eigenvalue weighted by Gasteiger charge is 2.36. The van der Waals surface area contributed by atoms with Crippen LogP contribution in [0.3, 0.4) is 0 Å². The molecular weight excluding hydrogens is 494 g/mol. The molecule has 37 heavy (non-hydrogen) atoms. The number of ether oxygens (including phenoxy) is 3. The molecule has 208 valence electrons. The van der Waals surface area contributed by atoms with E-state index in [0.717, 1.165) is 5.75 Å². The number of carbonyl (C=O) groups is 2. The summed E-state index contributed by atoms with van der Waals surface area (Å²) in [5, 5.41) is 2.85. The molecule has 3 rings (SSSR count). The number of nitrogens with one attached hydrogen (secondary N) is 1. The van der Waals surface area contributed by atoms with Crippen LogP contribution in [-0.4, -0.2) is 93.4 Å². The lowest BCUT2D eigenvalue weighted by atomic mass is 9.93. The van der Waals surface area contributed by atoms with Gasteiger partial charge in [-0.1, -0.05) is 0 Å². The molecule has 2 amide bonds. The Labute approximate surface area is 221 Å². The smallest absolute Gasteiger partial charge is 0.410 e. The number of hydrogen-bond donors (Lipinski definition) is 1. The Morgan fingerprint density at radius 1 is 1.19 bits per heavy atom. The van der Waals surface area contributed by atoms with Crippen LogP contribution >= 0.6 is 10.0 Å². The molecule has 1 fully saturated rings. The van der Waals surface area contributed by atoms with Gasteiger partial charge in [0.05, 0.1) is 18.4 Å². The Balaban J connectivity index is 1.74. The zero-order chi connectivity index (χ0) is 27.4. The van der Waals surface area contributed by atoms with E-state index in [1.807, 2.05) is 39.2 Å². The van der Waals surface area contributed by atoms with Crippen molar-refractivity contribution in [2.75, 3.05) is 50.8 Å². The molecule has 0 saturated carbocycles. The van der Waals surface area contributed by atoms with Gasteiger partial charge in [0.15, 0.2) is 5.65 Å². The summed E-state index contributed by atoms with van der Waals surface area (Å²) in [6.45, 7) is 11.9. The number of amides is 2. The molecule has 0 spiro atoms. The number of likely N-dealkylation sites (tertiary alicyclic amines) is 1. The first kappa shape index (κ1) is 29.0. The molecule has 1 saturated heterocycles. The van der Waals surface area contributed by atoms with E-state index in [2.05, 4.69) is 34.1 Å². The van der Waals surface area contributed by atoms with Gasteiger partial charge in [-0.15, -0.1) is 0 Å². The van der Waals surface area contributed by atoms with Gasteiger partial charge in [0.1, 0.15) is 23.4 Å². The fraction of sp³-hybridized carbons (Fsp3) is 0.692. The van der Waals surface area contributed by atoms with Crippen LogP contribution in [0.1, 0.15) is 57.8 Å². The van der Waals surface area contributed by atoms with Gasteiger partial charge in [-0.05, 0) is 53.4 Å². The normalized spacial score (nSPS) is 16.5. The predicted molar refractivity (Wildman–Crippen MR) is 148 cm³/mol. The van der Waals surface area contributed by atoms with Gasteiger partial charge in [-0.2, -0.15) is 0 Å². The lowest BCUT2D eigenvalue weighted by Gasteiger charge is -2.39. The van der Waals surface area contributed by atoms with Gasteiger partial charge in [0, 0.05) is 44.4 Å². The van der Waals surface area contributed by atoms with Crippen molar-refractivity contribution >= 4 is 33.2 Å². The summed E-state index contributed by atoms with van der Waals surface area (Å²) in [5.41, 5.74) is 0.429. The first-order chi connectivity index (χ1) is 17.2. The van der Waals surface area contributed by atoms with E-state index in [4.69, 9.17) is 14.2 Å². The average molecular weight is 538 g/mol. The van der Waals surface area contributed by atoms with E-state index in [0.29, 0.717) is 68.4 Å². The fourth-order valence-electron chi connectivity index (χ4n) is 3.92. The molecule has 0 atom stereocenters. The van der Waals surface area contributed by atoms with E-state index in [9.17, 15) is 9.59 Å². The quantitative estimate of drug-likeness (QED) is 0.482. The standard InChI is InChI=1S/C26H43N5O5S/c1-9-27-23(32)19-17-31(18-34-14-15-37(6,7)8)22-21(19)29-20(16-28-22)35-26(5)10-12-30(13-11-26)24(33)36-25(2,3)4/h16-17H,9-15,18H2,1-8H3,(H,27,32). The van der Waals surface area contributed by atoms with Crippen molar-refractivity contribution in [1.82, 2.24) is 24.8 Å². The summed E-state index contributed by atoms with van der Waals surface area (Å²) in [6, 6.07) is 0. The minimum Gasteiger partial charge on any atom is -0.470 e. The second kappa shape index (κ2) is 11.5. The zero-order valence-corrected chi connectivity index (χ0v) is 24.4. The lowest BCUT2D eigenvalue weighted by molar-refractivity contribution is -0.0113. The third-order valence-corrected chi connectivity index (χ3v) is 7.41. The zero-order valence-electron chi connectivity index (χ0n) is 23.5. The Morgan fingerprint density at radius 3 is 2.46 bits per heavy atom. The van der Waals surface area contributed by atoms with Crippen LogP contribution < -0.4 is 10.1 Å². The van der Waals surface area contributed by atoms with Gasteiger partial charge in [-0.25, -0.2) is 24.8 Å². The summed E-state index contributed by atoms with van der Waals surface area (Å²) < 4.78 is 19.5. The number of piperidine rings is 1. The van der Waals surface area contributed by atoms with Crippen LogP contribution in [0, 0.1) is 0 Å². The molecule has 0 unspecified atom stereocenters. The SMILES string of the molecule is CCNC(=O)c1cn(COCCS(C)(C)C)c2ncc(OC3(C)CCN(C(=O)OC(C)(C)C)CC3)nc12. The fourth-order valence-corrected chi connectivity index (χ4v) is 4.54. The molecule has 2 aromatic rings. The van der Waals surface area contributed by atoms with Crippen LogP contribution in [0.15, 0.2) is 12.4 Å². The van der Waals surface area contributed by atoms with Crippen molar-refractivity contribution < 1.29 is 23.8 Å². The Bertz CT molecular complexity index is 1100. The molecule has 0 bridgehead atoms. The van der Waals surface area contributed by atoms with Crippen LogP contribution in [0.2, 0.25) is 0 Å². The third kappa shape index (κ3) is 8.23. The number of aromatic nitrogens is 3. The minimum atomic E-state index is -0.650. The van der Waals surface area contributed by atoms with Gasteiger partial charge in [-0.3, -0.25) is 4.79 Å². The maximum Gasteiger partial charge on any atom is 0.410 e. The molecule has 1 N–H and O–H groups in total. The molecule has 10 nitrogen and oxygen atoms in total. The van der Waals surface area contributed by atoms with Crippen molar-refractivity contribution in [2.45, 2.75) is 65.4 Å². The van der Waals surface area contributed by atoms with Crippen LogP contribution in [0.4, 0.5) is 4.79 Å². The molecular formula is C26H43N5O5S. The summed E-state index contributed by atoms with van der Waals surface area (Å²) in [5.74, 6) is 1.14. The predicted octanol–water partition coefficient (Wildman–Crippen LogP) is 4.02. The van der Waals surface area contributed by atoms with Crippen molar-refractivity contribution in [3.63, 3.8) is 0 Å². The third-order valence-electron chi connectivity index (χ3n) is 6.02. The molecule has 0 radical (unpaired) electrons.